The Morgan fingerprint density at radius 3 is 2.43 bits per heavy atom. The number of benzene rings is 1. The van der Waals surface area contributed by atoms with Crippen LogP contribution < -0.4 is 0 Å². The Balaban J connectivity index is 2.03. The molecule has 1 aromatic carbocycles. The summed E-state index contributed by atoms with van der Waals surface area (Å²) in [5.41, 5.74) is 1.24. The third kappa shape index (κ3) is 2.28. The second-order valence-corrected chi connectivity index (χ2v) is 4.23. The molecule has 76 valence electrons. The average Bonchev–Trinajstić information content (AvgIpc) is 2.30. The van der Waals surface area contributed by atoms with Gasteiger partial charge in [0.1, 0.15) is 0 Å². The van der Waals surface area contributed by atoms with Crippen LogP contribution in [0, 0.1) is 5.92 Å². The van der Waals surface area contributed by atoms with E-state index in [0.29, 0.717) is 5.92 Å². The summed E-state index contributed by atoms with van der Waals surface area (Å²) in [6.07, 6.45) is 2.17. The van der Waals surface area contributed by atoms with Crippen LogP contribution in [0.15, 0.2) is 30.3 Å². The highest BCUT2D eigenvalue weighted by atomic mass is 35.5. The third-order valence-corrected chi connectivity index (χ3v) is 3.41. The first kappa shape index (κ1) is 10.0. The fourth-order valence-electron chi connectivity index (χ4n) is 1.92. The quantitative estimate of drug-likeness (QED) is 0.680. The van der Waals surface area contributed by atoms with Crippen molar-refractivity contribution in [2.24, 2.45) is 5.92 Å². The van der Waals surface area contributed by atoms with Crippen LogP contribution in [0.1, 0.15) is 23.8 Å². The number of halogens is 1. The molecular formula is C12H15ClO. The van der Waals surface area contributed by atoms with Crippen LogP contribution in [0.5, 0.6) is 0 Å². The van der Waals surface area contributed by atoms with E-state index in [1.807, 2.05) is 18.2 Å². The summed E-state index contributed by atoms with van der Waals surface area (Å²) in [5.74, 6) is 0.577. The Morgan fingerprint density at radius 2 is 1.79 bits per heavy atom. The van der Waals surface area contributed by atoms with Gasteiger partial charge in [-0.15, -0.1) is 11.6 Å². The normalized spacial score (nSPS) is 20.6. The molecule has 0 saturated carbocycles. The highest BCUT2D eigenvalue weighted by Gasteiger charge is 2.23. The Hall–Kier alpha value is -0.530. The lowest BCUT2D eigenvalue weighted by atomic mass is 9.92. The zero-order valence-electron chi connectivity index (χ0n) is 8.16. The first-order chi connectivity index (χ1) is 6.88. The van der Waals surface area contributed by atoms with Crippen LogP contribution in [0.2, 0.25) is 0 Å². The molecular weight excluding hydrogens is 196 g/mol. The van der Waals surface area contributed by atoms with Gasteiger partial charge in [0.15, 0.2) is 0 Å². The molecule has 1 nitrogen and oxygen atoms in total. The van der Waals surface area contributed by atoms with E-state index in [1.54, 1.807) is 0 Å². The maximum atomic E-state index is 6.43. The highest BCUT2D eigenvalue weighted by Crippen LogP contribution is 2.34. The van der Waals surface area contributed by atoms with E-state index in [-0.39, 0.29) is 5.38 Å². The molecule has 0 aliphatic carbocycles. The molecule has 1 unspecified atom stereocenters. The number of hydrogen-bond acceptors (Lipinski definition) is 1. The van der Waals surface area contributed by atoms with Gasteiger partial charge < -0.3 is 4.74 Å². The lowest BCUT2D eigenvalue weighted by Gasteiger charge is -2.26. The molecule has 0 N–H and O–H groups in total. The molecule has 14 heavy (non-hydrogen) atoms. The number of rotatable bonds is 2. The van der Waals surface area contributed by atoms with E-state index in [9.17, 15) is 0 Å². The van der Waals surface area contributed by atoms with Gasteiger partial charge in [-0.25, -0.2) is 0 Å². The van der Waals surface area contributed by atoms with Crippen LogP contribution >= 0.6 is 11.6 Å². The zero-order valence-corrected chi connectivity index (χ0v) is 8.91. The van der Waals surface area contributed by atoms with Gasteiger partial charge in [-0.05, 0) is 24.3 Å². The van der Waals surface area contributed by atoms with Crippen molar-refractivity contribution in [1.29, 1.82) is 0 Å². The molecule has 0 spiro atoms. The van der Waals surface area contributed by atoms with E-state index in [1.165, 1.54) is 5.56 Å². The lowest BCUT2D eigenvalue weighted by Crippen LogP contribution is -2.19. The molecule has 1 aromatic rings. The molecule has 1 fully saturated rings. The summed E-state index contributed by atoms with van der Waals surface area (Å²) in [6, 6.07) is 10.3. The maximum Gasteiger partial charge on any atom is 0.0615 e. The van der Waals surface area contributed by atoms with Crippen LogP contribution in [0.4, 0.5) is 0 Å². The number of alkyl halides is 1. The summed E-state index contributed by atoms with van der Waals surface area (Å²) in [5, 5.41) is 0.153. The standard InChI is InChI=1S/C12H15ClO/c13-12(10-4-2-1-3-5-10)11-6-8-14-9-7-11/h1-5,11-12H,6-9H2. The smallest absolute Gasteiger partial charge is 0.0615 e. The van der Waals surface area contributed by atoms with E-state index >= 15 is 0 Å². The molecule has 1 aliphatic heterocycles. The van der Waals surface area contributed by atoms with Crippen LogP contribution in [-0.2, 0) is 4.74 Å². The van der Waals surface area contributed by atoms with E-state index < -0.39 is 0 Å². The molecule has 0 bridgehead atoms. The number of ether oxygens (including phenoxy) is 1. The minimum absolute atomic E-state index is 0.153. The zero-order chi connectivity index (χ0) is 9.80. The molecule has 1 aliphatic rings. The van der Waals surface area contributed by atoms with E-state index in [4.69, 9.17) is 16.3 Å². The van der Waals surface area contributed by atoms with Gasteiger partial charge in [0.25, 0.3) is 0 Å². The lowest BCUT2D eigenvalue weighted by molar-refractivity contribution is 0.0651. The first-order valence-corrected chi connectivity index (χ1v) is 5.58. The molecule has 0 aromatic heterocycles. The maximum absolute atomic E-state index is 6.43. The fourth-order valence-corrected chi connectivity index (χ4v) is 2.31. The van der Waals surface area contributed by atoms with Crippen molar-refractivity contribution in [3.8, 4) is 0 Å². The van der Waals surface area contributed by atoms with Crippen molar-refractivity contribution in [2.75, 3.05) is 13.2 Å². The summed E-state index contributed by atoms with van der Waals surface area (Å²) in [4.78, 5) is 0. The fraction of sp³-hybridized carbons (Fsp3) is 0.500. The van der Waals surface area contributed by atoms with Gasteiger partial charge in [-0.3, -0.25) is 0 Å². The summed E-state index contributed by atoms with van der Waals surface area (Å²) < 4.78 is 5.33. The van der Waals surface area contributed by atoms with Gasteiger partial charge in [-0.2, -0.15) is 0 Å². The largest absolute Gasteiger partial charge is 0.381 e. The van der Waals surface area contributed by atoms with Crippen LogP contribution in [-0.4, -0.2) is 13.2 Å². The molecule has 0 amide bonds. The van der Waals surface area contributed by atoms with Gasteiger partial charge in [-0.1, -0.05) is 30.3 Å². The minimum Gasteiger partial charge on any atom is -0.381 e. The predicted octanol–water partition coefficient (Wildman–Crippen LogP) is 3.39. The molecule has 2 heteroatoms. The highest BCUT2D eigenvalue weighted by molar-refractivity contribution is 6.21. The molecule has 1 heterocycles. The van der Waals surface area contributed by atoms with Crippen LogP contribution in [0.25, 0.3) is 0 Å². The third-order valence-electron chi connectivity index (χ3n) is 2.80. The molecule has 1 saturated heterocycles. The van der Waals surface area contributed by atoms with Crippen molar-refractivity contribution in [1.82, 2.24) is 0 Å². The van der Waals surface area contributed by atoms with E-state index in [2.05, 4.69) is 12.1 Å². The SMILES string of the molecule is ClC(c1ccccc1)C1CCOCC1. The Kier molecular flexibility index (Phi) is 3.44. The second kappa shape index (κ2) is 4.81. The van der Waals surface area contributed by atoms with Crippen molar-refractivity contribution < 1.29 is 4.74 Å². The summed E-state index contributed by atoms with van der Waals surface area (Å²) in [7, 11) is 0. The monoisotopic (exact) mass is 210 g/mol. The topological polar surface area (TPSA) is 9.23 Å². The Labute approximate surface area is 90.0 Å². The van der Waals surface area contributed by atoms with Gasteiger partial charge >= 0.3 is 0 Å². The molecule has 2 rings (SSSR count). The van der Waals surface area contributed by atoms with Crippen molar-refractivity contribution in [2.45, 2.75) is 18.2 Å². The molecule has 1 atom stereocenters. The second-order valence-electron chi connectivity index (χ2n) is 3.76. The molecule has 0 radical (unpaired) electrons. The van der Waals surface area contributed by atoms with Gasteiger partial charge in [0.2, 0.25) is 0 Å². The van der Waals surface area contributed by atoms with Crippen LogP contribution in [0.3, 0.4) is 0 Å². The first-order valence-electron chi connectivity index (χ1n) is 5.14. The Bertz CT molecular complexity index is 267. The van der Waals surface area contributed by atoms with E-state index in [0.717, 1.165) is 26.1 Å². The average molecular weight is 211 g/mol. The summed E-state index contributed by atoms with van der Waals surface area (Å²) >= 11 is 6.43. The number of hydrogen-bond donors (Lipinski definition) is 0. The van der Waals surface area contributed by atoms with Crippen molar-refractivity contribution in [3.63, 3.8) is 0 Å². The van der Waals surface area contributed by atoms with Gasteiger partial charge in [0, 0.05) is 13.2 Å². The van der Waals surface area contributed by atoms with Crippen molar-refractivity contribution >= 4 is 11.6 Å². The van der Waals surface area contributed by atoms with Gasteiger partial charge in [0.05, 0.1) is 5.38 Å². The predicted molar refractivity (Wildman–Crippen MR) is 58.6 cm³/mol. The van der Waals surface area contributed by atoms with Crippen molar-refractivity contribution in [3.05, 3.63) is 35.9 Å². The minimum atomic E-state index is 0.153. The Morgan fingerprint density at radius 1 is 1.14 bits per heavy atom. The summed E-state index contributed by atoms with van der Waals surface area (Å²) in [6.45, 7) is 1.72.